The van der Waals surface area contributed by atoms with Crippen LogP contribution in [0.4, 0.5) is 0 Å². The molecule has 2 rings (SSSR count). The van der Waals surface area contributed by atoms with Gasteiger partial charge in [0.1, 0.15) is 6.04 Å². The minimum absolute atomic E-state index is 0.212. The minimum Gasteiger partial charge on any atom is -0.480 e. The summed E-state index contributed by atoms with van der Waals surface area (Å²) < 4.78 is 0. The number of hydrogen-bond acceptors (Lipinski definition) is 5. The Morgan fingerprint density at radius 1 is 1.44 bits per heavy atom. The van der Waals surface area contributed by atoms with Crippen molar-refractivity contribution in [1.29, 1.82) is 0 Å². The molecule has 3 unspecified atom stereocenters. The van der Waals surface area contributed by atoms with Crippen LogP contribution in [0.1, 0.15) is 12.8 Å². The summed E-state index contributed by atoms with van der Waals surface area (Å²) in [5, 5.41) is 32.9. The first-order chi connectivity index (χ1) is 7.56. The van der Waals surface area contributed by atoms with Gasteiger partial charge in [-0.3, -0.25) is 4.79 Å². The number of carboxylic acids is 1. The molecule has 0 radical (unpaired) electrons. The van der Waals surface area contributed by atoms with Crippen LogP contribution in [-0.4, -0.2) is 53.4 Å². The lowest BCUT2D eigenvalue weighted by Gasteiger charge is -2.47. The zero-order valence-electron chi connectivity index (χ0n) is 9.02. The molecule has 2 saturated heterocycles. The summed E-state index contributed by atoms with van der Waals surface area (Å²) in [4.78, 5) is 11.1. The Kier molecular flexibility index (Phi) is 3.21. The van der Waals surface area contributed by atoms with Crippen molar-refractivity contribution in [1.82, 2.24) is 10.6 Å². The molecule has 6 nitrogen and oxygen atoms in total. The molecule has 2 aliphatic rings. The Balaban J connectivity index is 1.95. The summed E-state index contributed by atoms with van der Waals surface area (Å²) in [5.41, 5.74) is -0.235. The number of aliphatic carboxylic acids is 1. The van der Waals surface area contributed by atoms with E-state index in [1.807, 2.05) is 0 Å². The normalized spacial score (nSPS) is 36.6. The van der Waals surface area contributed by atoms with E-state index in [2.05, 4.69) is 10.6 Å². The van der Waals surface area contributed by atoms with E-state index < -0.39 is 19.1 Å². The lowest BCUT2D eigenvalue weighted by atomic mass is 9.66. The Morgan fingerprint density at radius 3 is 2.69 bits per heavy atom. The van der Waals surface area contributed by atoms with Crippen molar-refractivity contribution in [2.45, 2.75) is 31.2 Å². The quantitative estimate of drug-likeness (QED) is 0.358. The highest BCUT2D eigenvalue weighted by molar-refractivity contribution is 6.40. The van der Waals surface area contributed by atoms with Gasteiger partial charge in [-0.25, -0.2) is 0 Å². The highest BCUT2D eigenvalue weighted by Crippen LogP contribution is 2.42. The zero-order valence-corrected chi connectivity index (χ0v) is 9.02. The number of fused-ring (bicyclic) bond motifs is 1. The van der Waals surface area contributed by atoms with Crippen LogP contribution in [-0.2, 0) is 4.79 Å². The van der Waals surface area contributed by atoms with Gasteiger partial charge in [-0.1, -0.05) is 6.42 Å². The van der Waals surface area contributed by atoms with Gasteiger partial charge in [0.15, 0.2) is 0 Å². The molecule has 0 spiro atoms. The van der Waals surface area contributed by atoms with Crippen molar-refractivity contribution >= 4 is 13.1 Å². The number of rotatable bonds is 5. The van der Waals surface area contributed by atoms with Crippen molar-refractivity contribution in [3.05, 3.63) is 0 Å². The predicted octanol–water partition coefficient (Wildman–Crippen LogP) is -1.75. The second-order valence-corrected chi connectivity index (χ2v) is 4.72. The molecule has 90 valence electrons. The van der Waals surface area contributed by atoms with Crippen LogP contribution in [0, 0.1) is 5.41 Å². The molecule has 16 heavy (non-hydrogen) atoms. The Morgan fingerprint density at radius 2 is 2.19 bits per heavy atom. The number of hydrogen-bond donors (Lipinski definition) is 5. The first-order valence-electron chi connectivity index (χ1n) is 5.62. The first-order valence-corrected chi connectivity index (χ1v) is 5.62. The van der Waals surface area contributed by atoms with Crippen LogP contribution in [0.25, 0.3) is 0 Å². The first kappa shape index (κ1) is 11.8. The fourth-order valence-electron chi connectivity index (χ4n) is 2.88. The van der Waals surface area contributed by atoms with Crippen molar-refractivity contribution in [3.8, 4) is 0 Å². The molecule has 7 heteroatoms. The van der Waals surface area contributed by atoms with Crippen LogP contribution in [0.2, 0.25) is 6.32 Å². The molecule has 2 fully saturated rings. The average molecular weight is 228 g/mol. The van der Waals surface area contributed by atoms with Crippen molar-refractivity contribution in [2.24, 2.45) is 5.41 Å². The van der Waals surface area contributed by atoms with Crippen LogP contribution in [0.3, 0.4) is 0 Å². The predicted molar refractivity (Wildman–Crippen MR) is 57.9 cm³/mol. The summed E-state index contributed by atoms with van der Waals surface area (Å²) in [6, 6.07) is -0.293. The van der Waals surface area contributed by atoms with Crippen LogP contribution >= 0.6 is 0 Å². The van der Waals surface area contributed by atoms with Crippen molar-refractivity contribution in [2.75, 3.05) is 13.1 Å². The van der Waals surface area contributed by atoms with E-state index in [1.54, 1.807) is 0 Å². The molecule has 2 aliphatic heterocycles. The van der Waals surface area contributed by atoms with E-state index in [4.69, 9.17) is 15.2 Å². The summed E-state index contributed by atoms with van der Waals surface area (Å²) in [6.45, 7) is 1.38. The van der Waals surface area contributed by atoms with E-state index in [-0.39, 0.29) is 11.5 Å². The average Bonchev–Trinajstić information content (AvgIpc) is 2.40. The Labute approximate surface area is 94.2 Å². The van der Waals surface area contributed by atoms with Gasteiger partial charge in [-0.05, 0) is 12.7 Å². The minimum atomic E-state index is -1.29. The van der Waals surface area contributed by atoms with Gasteiger partial charge >= 0.3 is 13.1 Å². The van der Waals surface area contributed by atoms with E-state index >= 15 is 0 Å². The summed E-state index contributed by atoms with van der Waals surface area (Å²) >= 11 is 0. The molecule has 0 aromatic carbocycles. The van der Waals surface area contributed by atoms with E-state index in [9.17, 15) is 4.79 Å². The fourth-order valence-corrected chi connectivity index (χ4v) is 2.88. The van der Waals surface area contributed by atoms with Gasteiger partial charge in [0.25, 0.3) is 0 Å². The third-order valence-corrected chi connectivity index (χ3v) is 3.82. The molecule has 0 bridgehead atoms. The van der Waals surface area contributed by atoms with Crippen LogP contribution in [0.5, 0.6) is 0 Å². The Bertz CT molecular complexity index is 289. The summed E-state index contributed by atoms with van der Waals surface area (Å²) in [6.07, 6.45) is 1.66. The fraction of sp³-hybridized carbons (Fsp3) is 0.889. The smallest absolute Gasteiger partial charge is 0.451 e. The van der Waals surface area contributed by atoms with E-state index in [1.165, 1.54) is 0 Å². The van der Waals surface area contributed by atoms with Gasteiger partial charge in [-0.15, -0.1) is 0 Å². The molecular weight excluding hydrogens is 211 g/mol. The lowest BCUT2D eigenvalue weighted by Crippen LogP contribution is -2.65. The second-order valence-electron chi connectivity index (χ2n) is 4.72. The van der Waals surface area contributed by atoms with Gasteiger partial charge in [-0.2, -0.15) is 0 Å². The topological polar surface area (TPSA) is 102 Å². The van der Waals surface area contributed by atoms with Gasteiger partial charge in [0.05, 0.1) is 0 Å². The molecule has 2 heterocycles. The Hall–Kier alpha value is -0.625. The highest BCUT2D eigenvalue weighted by atomic mass is 16.4. The third kappa shape index (κ3) is 1.84. The summed E-state index contributed by atoms with van der Waals surface area (Å²) in [7, 11) is -1.29. The number of carbonyl (C=O) groups is 1. The molecular formula is C9H17BN2O4. The highest BCUT2D eigenvalue weighted by Gasteiger charge is 2.58. The monoisotopic (exact) mass is 228 g/mol. The van der Waals surface area contributed by atoms with E-state index in [0.29, 0.717) is 32.3 Å². The molecule has 5 N–H and O–H groups in total. The standard InChI is InChI=1S/C9H17BN2O4/c13-8(14)7-9(2-1-3-10(15)16)5-12-6(9)4-11-7/h6-7,11-12,15-16H,1-5H2,(H,13,14). The molecule has 3 atom stereocenters. The molecule has 0 aliphatic carbocycles. The maximum Gasteiger partial charge on any atom is 0.451 e. The molecule has 0 aromatic rings. The third-order valence-electron chi connectivity index (χ3n) is 3.82. The molecule has 0 saturated carbocycles. The summed E-state index contributed by atoms with van der Waals surface area (Å²) in [5.74, 6) is -0.812. The number of carboxylic acid groups (broad SMARTS) is 1. The number of nitrogens with one attached hydrogen (secondary N) is 2. The van der Waals surface area contributed by atoms with E-state index in [0.717, 1.165) is 0 Å². The van der Waals surface area contributed by atoms with Crippen LogP contribution < -0.4 is 10.6 Å². The zero-order chi connectivity index (χ0) is 11.8. The lowest BCUT2D eigenvalue weighted by molar-refractivity contribution is -0.143. The van der Waals surface area contributed by atoms with Gasteiger partial charge in [0, 0.05) is 24.5 Å². The molecule has 0 amide bonds. The molecule has 0 aromatic heterocycles. The second kappa shape index (κ2) is 4.33. The van der Waals surface area contributed by atoms with Crippen molar-refractivity contribution < 1.29 is 19.9 Å². The van der Waals surface area contributed by atoms with Crippen LogP contribution in [0.15, 0.2) is 0 Å². The largest absolute Gasteiger partial charge is 0.480 e. The maximum atomic E-state index is 11.1. The van der Waals surface area contributed by atoms with Crippen molar-refractivity contribution in [3.63, 3.8) is 0 Å². The van der Waals surface area contributed by atoms with Gasteiger partial charge < -0.3 is 25.8 Å². The SMILES string of the molecule is O=C(O)C1NCC2NCC21CCCB(O)O. The maximum absolute atomic E-state index is 11.1. The van der Waals surface area contributed by atoms with Gasteiger partial charge in [0.2, 0.25) is 0 Å².